The van der Waals surface area contributed by atoms with Gasteiger partial charge in [-0.1, -0.05) is 23.2 Å². The van der Waals surface area contributed by atoms with Crippen LogP contribution in [0.3, 0.4) is 0 Å². The zero-order valence-corrected chi connectivity index (χ0v) is 17.2. The van der Waals surface area contributed by atoms with Gasteiger partial charge in [0.2, 0.25) is 0 Å². The molecule has 3 rings (SSSR count). The highest BCUT2D eigenvalue weighted by atomic mass is 35.5. The molecular formula is C19H20Cl2N4O4. The highest BCUT2D eigenvalue weighted by Crippen LogP contribution is 2.38. The number of anilines is 1. The largest absolute Gasteiger partial charge is 0.466 e. The first kappa shape index (κ1) is 21.0. The van der Waals surface area contributed by atoms with Crippen molar-refractivity contribution in [3.05, 3.63) is 40.5 Å². The topological polar surface area (TPSA) is 94.1 Å². The molecule has 0 spiro atoms. The summed E-state index contributed by atoms with van der Waals surface area (Å²) in [5, 5.41) is 8.28. The van der Waals surface area contributed by atoms with Crippen LogP contribution in [0.5, 0.6) is 17.4 Å². The van der Waals surface area contributed by atoms with Crippen molar-refractivity contribution < 1.29 is 19.0 Å². The summed E-state index contributed by atoms with van der Waals surface area (Å²) in [4.78, 5) is 15.4. The minimum absolute atomic E-state index is 0.130. The van der Waals surface area contributed by atoms with Gasteiger partial charge in [-0.3, -0.25) is 5.43 Å². The van der Waals surface area contributed by atoms with E-state index in [-0.39, 0.29) is 18.2 Å². The molecule has 1 aliphatic heterocycles. The van der Waals surface area contributed by atoms with E-state index < -0.39 is 5.97 Å². The van der Waals surface area contributed by atoms with Gasteiger partial charge in [0.05, 0.1) is 22.8 Å². The summed E-state index contributed by atoms with van der Waals surface area (Å²) in [6.45, 7) is 0.605. The molecule has 0 radical (unpaired) electrons. The second-order valence-corrected chi connectivity index (χ2v) is 6.90. The Labute approximate surface area is 178 Å². The fourth-order valence-electron chi connectivity index (χ4n) is 2.52. The van der Waals surface area contributed by atoms with Crippen LogP contribution in [-0.2, 0) is 9.53 Å². The van der Waals surface area contributed by atoms with Crippen molar-refractivity contribution >= 4 is 40.7 Å². The number of nitrogens with zero attached hydrogens (tertiary/aromatic N) is 2. The van der Waals surface area contributed by atoms with E-state index in [4.69, 9.17) is 32.7 Å². The lowest BCUT2D eigenvalue weighted by Crippen LogP contribution is -2.29. The number of carbonyl (C=O) groups excluding carboxylic acids is 1. The predicted molar refractivity (Wildman–Crippen MR) is 111 cm³/mol. The fraction of sp³-hybridized carbons (Fsp3) is 0.316. The molecule has 29 heavy (non-hydrogen) atoms. The molecule has 8 nitrogen and oxygen atoms in total. The standard InChI is InChI=1S/C19H20Cl2N4O4/c1-27-18(26)11-28-19-15(5-4-8-23-19)29-16-10-14(12(20)9-13(16)21)24-25-17-6-2-3-7-22-17/h4-5,8-10,24H,2-3,6-7,11H2,1H3,(H,22,25). The molecule has 1 aliphatic rings. The van der Waals surface area contributed by atoms with Crippen LogP contribution >= 0.6 is 23.2 Å². The van der Waals surface area contributed by atoms with Crippen molar-refractivity contribution in [2.24, 2.45) is 5.10 Å². The van der Waals surface area contributed by atoms with Crippen LogP contribution < -0.4 is 20.2 Å². The Morgan fingerprint density at radius 3 is 2.90 bits per heavy atom. The second kappa shape index (κ2) is 10.2. The summed E-state index contributed by atoms with van der Waals surface area (Å²) in [5.41, 5.74) is 3.48. The van der Waals surface area contributed by atoms with Crippen LogP contribution in [0.25, 0.3) is 0 Å². The monoisotopic (exact) mass is 438 g/mol. The number of methoxy groups -OCH3 is 1. The van der Waals surface area contributed by atoms with Gasteiger partial charge in [-0.15, -0.1) is 0 Å². The molecule has 10 heteroatoms. The third kappa shape index (κ3) is 5.88. The van der Waals surface area contributed by atoms with E-state index in [9.17, 15) is 4.79 Å². The van der Waals surface area contributed by atoms with Crippen molar-refractivity contribution in [2.75, 3.05) is 25.7 Å². The van der Waals surface area contributed by atoms with Crippen molar-refractivity contribution in [1.82, 2.24) is 10.3 Å². The molecule has 0 unspecified atom stereocenters. The van der Waals surface area contributed by atoms with Gasteiger partial charge in [-0.25, -0.2) is 9.78 Å². The van der Waals surface area contributed by atoms with Crippen LogP contribution in [0, 0.1) is 0 Å². The van der Waals surface area contributed by atoms with Gasteiger partial charge in [0.1, 0.15) is 11.6 Å². The van der Waals surface area contributed by atoms with Crippen LogP contribution in [-0.4, -0.2) is 37.1 Å². The van der Waals surface area contributed by atoms with Gasteiger partial charge >= 0.3 is 5.97 Å². The SMILES string of the molecule is COC(=O)COc1ncccc1Oc1cc(N/N=C2/CCCCN2)c(Cl)cc1Cl. The van der Waals surface area contributed by atoms with Gasteiger partial charge in [0.25, 0.3) is 5.88 Å². The number of pyridine rings is 1. The molecule has 1 saturated heterocycles. The second-order valence-electron chi connectivity index (χ2n) is 6.09. The van der Waals surface area contributed by atoms with Gasteiger partial charge in [-0.2, -0.15) is 5.10 Å². The predicted octanol–water partition coefficient (Wildman–Crippen LogP) is 4.23. The molecule has 0 saturated carbocycles. The number of ether oxygens (including phenoxy) is 3. The third-order valence-electron chi connectivity index (χ3n) is 4.01. The number of hydrazone groups is 1. The molecular weight excluding hydrogens is 419 g/mol. The number of hydrogen-bond donors (Lipinski definition) is 2. The number of aromatic nitrogens is 1. The molecule has 2 N–H and O–H groups in total. The lowest BCUT2D eigenvalue weighted by atomic mass is 10.1. The minimum atomic E-state index is -0.534. The summed E-state index contributed by atoms with van der Waals surface area (Å²) in [7, 11) is 1.27. The maximum atomic E-state index is 11.3. The number of rotatable bonds is 7. The summed E-state index contributed by atoms with van der Waals surface area (Å²) < 4.78 is 15.8. The van der Waals surface area contributed by atoms with Crippen molar-refractivity contribution in [1.29, 1.82) is 0 Å². The Kier molecular flexibility index (Phi) is 7.37. The minimum Gasteiger partial charge on any atom is -0.466 e. The molecule has 0 atom stereocenters. The molecule has 0 bridgehead atoms. The normalized spacial score (nSPS) is 14.8. The Morgan fingerprint density at radius 1 is 1.28 bits per heavy atom. The van der Waals surface area contributed by atoms with Crippen LogP contribution in [0.4, 0.5) is 5.69 Å². The number of piperidine rings is 1. The van der Waals surface area contributed by atoms with Gasteiger partial charge in [0, 0.05) is 25.2 Å². The zero-order valence-electron chi connectivity index (χ0n) is 15.7. The lowest BCUT2D eigenvalue weighted by molar-refractivity contribution is -0.143. The summed E-state index contributed by atoms with van der Waals surface area (Å²) >= 11 is 12.6. The molecule has 1 aromatic carbocycles. The van der Waals surface area contributed by atoms with Gasteiger partial charge in [-0.05, 0) is 31.0 Å². The van der Waals surface area contributed by atoms with E-state index in [1.54, 1.807) is 24.3 Å². The van der Waals surface area contributed by atoms with E-state index in [2.05, 4.69) is 25.6 Å². The Balaban J connectivity index is 1.78. The van der Waals surface area contributed by atoms with Crippen LogP contribution in [0.1, 0.15) is 19.3 Å². The number of amidine groups is 1. The van der Waals surface area contributed by atoms with E-state index in [1.165, 1.54) is 13.3 Å². The van der Waals surface area contributed by atoms with E-state index in [1.807, 2.05) is 0 Å². The number of nitrogens with one attached hydrogen (secondary N) is 2. The number of hydrogen-bond acceptors (Lipinski definition) is 7. The number of benzene rings is 1. The highest BCUT2D eigenvalue weighted by Gasteiger charge is 2.14. The summed E-state index contributed by atoms with van der Waals surface area (Å²) in [6.07, 6.45) is 4.61. The number of esters is 1. The highest BCUT2D eigenvalue weighted by molar-refractivity contribution is 6.37. The zero-order chi connectivity index (χ0) is 20.6. The fourth-order valence-corrected chi connectivity index (χ4v) is 2.99. The van der Waals surface area contributed by atoms with Crippen molar-refractivity contribution in [3.63, 3.8) is 0 Å². The Morgan fingerprint density at radius 2 is 2.14 bits per heavy atom. The maximum Gasteiger partial charge on any atom is 0.343 e. The van der Waals surface area contributed by atoms with Crippen LogP contribution in [0.15, 0.2) is 35.6 Å². The first-order valence-corrected chi connectivity index (χ1v) is 9.70. The van der Waals surface area contributed by atoms with E-state index >= 15 is 0 Å². The van der Waals surface area contributed by atoms with E-state index in [0.29, 0.717) is 21.5 Å². The average Bonchev–Trinajstić information content (AvgIpc) is 2.74. The lowest BCUT2D eigenvalue weighted by Gasteiger charge is -2.16. The third-order valence-corrected chi connectivity index (χ3v) is 4.62. The Bertz CT molecular complexity index is 900. The molecule has 0 aliphatic carbocycles. The van der Waals surface area contributed by atoms with Crippen LogP contribution in [0.2, 0.25) is 10.0 Å². The molecule has 2 heterocycles. The van der Waals surface area contributed by atoms with Gasteiger partial charge < -0.3 is 19.5 Å². The maximum absolute atomic E-state index is 11.3. The Hall–Kier alpha value is -2.71. The molecule has 1 fully saturated rings. The quantitative estimate of drug-likeness (QED) is 0.493. The average molecular weight is 439 g/mol. The first-order chi connectivity index (χ1) is 14.1. The summed E-state index contributed by atoms with van der Waals surface area (Å²) in [6, 6.07) is 6.50. The smallest absolute Gasteiger partial charge is 0.343 e. The molecule has 0 amide bonds. The molecule has 2 aromatic rings. The van der Waals surface area contributed by atoms with Crippen molar-refractivity contribution in [2.45, 2.75) is 19.3 Å². The van der Waals surface area contributed by atoms with E-state index in [0.717, 1.165) is 31.6 Å². The number of halogens is 2. The van der Waals surface area contributed by atoms with Crippen molar-refractivity contribution in [3.8, 4) is 17.4 Å². The summed E-state index contributed by atoms with van der Waals surface area (Å²) in [5.74, 6) is 1.08. The molecule has 154 valence electrons. The molecule has 1 aromatic heterocycles. The van der Waals surface area contributed by atoms with Gasteiger partial charge in [0.15, 0.2) is 12.4 Å². The number of carbonyl (C=O) groups is 1. The first-order valence-electron chi connectivity index (χ1n) is 8.95.